The molecule has 0 bridgehead atoms. The van der Waals surface area contributed by atoms with E-state index in [4.69, 9.17) is 14.0 Å². The van der Waals surface area contributed by atoms with E-state index in [2.05, 4.69) is 10.1 Å². The second-order valence-corrected chi connectivity index (χ2v) is 5.24. The van der Waals surface area contributed by atoms with E-state index in [1.807, 2.05) is 13.0 Å². The lowest BCUT2D eigenvalue weighted by atomic mass is 10.1. The van der Waals surface area contributed by atoms with Gasteiger partial charge in [0.05, 0.1) is 12.7 Å². The Morgan fingerprint density at radius 3 is 2.46 bits per heavy atom. The fourth-order valence-corrected chi connectivity index (χ4v) is 2.20. The molecule has 3 aromatic rings. The summed E-state index contributed by atoms with van der Waals surface area (Å²) in [6.45, 7) is 3.63. The lowest BCUT2D eigenvalue weighted by Gasteiger charge is -2.08. The van der Waals surface area contributed by atoms with Gasteiger partial charge in [-0.3, -0.25) is 0 Å². The van der Waals surface area contributed by atoms with Gasteiger partial charge in [-0.15, -0.1) is 0 Å². The Kier molecular flexibility index (Phi) is 4.29. The molecule has 122 valence electrons. The van der Waals surface area contributed by atoms with Gasteiger partial charge in [-0.1, -0.05) is 11.2 Å². The number of benzene rings is 2. The zero-order valence-electron chi connectivity index (χ0n) is 13.6. The Balaban J connectivity index is 1.75. The van der Waals surface area contributed by atoms with Gasteiger partial charge in [-0.05, 0) is 48.9 Å². The van der Waals surface area contributed by atoms with E-state index in [-0.39, 0.29) is 0 Å². The molecule has 0 saturated heterocycles. The molecule has 6 heteroatoms. The number of aryl methyl sites for hydroxylation is 2. The molecule has 0 N–H and O–H groups in total. The van der Waals surface area contributed by atoms with Crippen molar-refractivity contribution in [3.8, 4) is 22.9 Å². The summed E-state index contributed by atoms with van der Waals surface area (Å²) in [6, 6.07) is 12.1. The van der Waals surface area contributed by atoms with Crippen LogP contribution in [0.15, 0.2) is 47.0 Å². The number of hydrogen-bond acceptors (Lipinski definition) is 6. The zero-order chi connectivity index (χ0) is 17.1. The summed E-state index contributed by atoms with van der Waals surface area (Å²) in [6.07, 6.45) is 0. The lowest BCUT2D eigenvalue weighted by molar-refractivity contribution is 0.0734. The van der Waals surface area contributed by atoms with Crippen LogP contribution in [0.1, 0.15) is 21.8 Å². The fourth-order valence-electron chi connectivity index (χ4n) is 2.20. The summed E-state index contributed by atoms with van der Waals surface area (Å²) in [5.74, 6) is 1.62. The molecule has 0 unspecified atom stereocenters. The summed E-state index contributed by atoms with van der Waals surface area (Å²) >= 11 is 0. The number of nitrogens with zero attached hydrogens (tertiary/aromatic N) is 2. The Morgan fingerprint density at radius 1 is 1.08 bits per heavy atom. The maximum atomic E-state index is 12.2. The van der Waals surface area contributed by atoms with Crippen molar-refractivity contribution in [2.24, 2.45) is 0 Å². The number of esters is 1. The van der Waals surface area contributed by atoms with Crippen molar-refractivity contribution in [3.05, 3.63) is 59.5 Å². The molecule has 0 atom stereocenters. The lowest BCUT2D eigenvalue weighted by Crippen LogP contribution is -2.08. The average molecular weight is 324 g/mol. The number of ether oxygens (including phenoxy) is 2. The summed E-state index contributed by atoms with van der Waals surface area (Å²) in [5, 5.41) is 3.84. The monoisotopic (exact) mass is 324 g/mol. The van der Waals surface area contributed by atoms with E-state index in [1.165, 1.54) is 0 Å². The first-order chi connectivity index (χ1) is 11.6. The van der Waals surface area contributed by atoms with E-state index in [9.17, 15) is 4.79 Å². The normalized spacial score (nSPS) is 10.5. The Bertz CT molecular complexity index is 869. The van der Waals surface area contributed by atoms with Crippen molar-refractivity contribution in [2.75, 3.05) is 7.11 Å². The van der Waals surface area contributed by atoms with Crippen LogP contribution in [0.2, 0.25) is 0 Å². The van der Waals surface area contributed by atoms with Crippen LogP contribution < -0.4 is 9.47 Å². The molecule has 0 aliphatic rings. The first-order valence-corrected chi connectivity index (χ1v) is 7.34. The number of hydrogen-bond donors (Lipinski definition) is 0. The molecule has 0 aliphatic carbocycles. The number of carbonyl (C=O) groups is 1. The Hall–Kier alpha value is -3.15. The molecule has 0 aliphatic heterocycles. The molecule has 1 heterocycles. The van der Waals surface area contributed by atoms with Gasteiger partial charge in [-0.25, -0.2) is 4.79 Å². The van der Waals surface area contributed by atoms with Gasteiger partial charge in [0.15, 0.2) is 0 Å². The molecule has 0 amide bonds. The molecule has 0 radical (unpaired) electrons. The molecule has 0 spiro atoms. The molecule has 1 aromatic heterocycles. The van der Waals surface area contributed by atoms with Crippen LogP contribution in [0.4, 0.5) is 0 Å². The van der Waals surface area contributed by atoms with Gasteiger partial charge >= 0.3 is 5.97 Å². The van der Waals surface area contributed by atoms with E-state index < -0.39 is 5.97 Å². The predicted octanol–water partition coefficient (Wildman–Crippen LogP) is 3.58. The first kappa shape index (κ1) is 15.7. The standard InChI is InChI=1S/C18H16N2O4/c1-11-4-5-14(10-16(11)22-3)18(21)23-15-8-6-13(7-9-15)17-19-12(2)24-20-17/h4-10H,1-3H3. The van der Waals surface area contributed by atoms with Gasteiger partial charge < -0.3 is 14.0 Å². The topological polar surface area (TPSA) is 74.5 Å². The van der Waals surface area contributed by atoms with Crippen molar-refractivity contribution in [1.82, 2.24) is 10.1 Å². The number of carbonyl (C=O) groups excluding carboxylic acids is 1. The minimum Gasteiger partial charge on any atom is -0.496 e. The van der Waals surface area contributed by atoms with Crippen LogP contribution in [-0.2, 0) is 0 Å². The second-order valence-electron chi connectivity index (χ2n) is 5.24. The molecular weight excluding hydrogens is 308 g/mol. The largest absolute Gasteiger partial charge is 0.496 e. The second kappa shape index (κ2) is 6.54. The summed E-state index contributed by atoms with van der Waals surface area (Å²) in [7, 11) is 1.57. The number of methoxy groups -OCH3 is 1. The molecule has 3 rings (SSSR count). The van der Waals surface area contributed by atoms with E-state index >= 15 is 0 Å². The number of aromatic nitrogens is 2. The summed E-state index contributed by atoms with van der Waals surface area (Å²) < 4.78 is 15.5. The van der Waals surface area contributed by atoms with Crippen LogP contribution >= 0.6 is 0 Å². The van der Waals surface area contributed by atoms with Gasteiger partial charge in [0.1, 0.15) is 11.5 Å². The quantitative estimate of drug-likeness (QED) is 0.539. The van der Waals surface area contributed by atoms with Crippen LogP contribution in [0.5, 0.6) is 11.5 Å². The third-order valence-electron chi connectivity index (χ3n) is 3.49. The van der Waals surface area contributed by atoms with E-state index in [1.54, 1.807) is 50.4 Å². The highest BCUT2D eigenvalue weighted by Gasteiger charge is 2.12. The van der Waals surface area contributed by atoms with Gasteiger partial charge in [0.2, 0.25) is 11.7 Å². The summed E-state index contributed by atoms with van der Waals surface area (Å²) in [4.78, 5) is 16.4. The molecule has 24 heavy (non-hydrogen) atoms. The maximum absolute atomic E-state index is 12.2. The van der Waals surface area contributed by atoms with Crippen molar-refractivity contribution < 1.29 is 18.8 Å². The van der Waals surface area contributed by atoms with Gasteiger partial charge in [0.25, 0.3) is 0 Å². The highest BCUT2D eigenvalue weighted by molar-refractivity contribution is 5.91. The van der Waals surface area contributed by atoms with E-state index in [0.29, 0.717) is 28.8 Å². The average Bonchev–Trinajstić information content (AvgIpc) is 3.02. The van der Waals surface area contributed by atoms with Crippen molar-refractivity contribution in [2.45, 2.75) is 13.8 Å². The molecule has 2 aromatic carbocycles. The molecule has 6 nitrogen and oxygen atoms in total. The van der Waals surface area contributed by atoms with E-state index in [0.717, 1.165) is 11.1 Å². The number of rotatable bonds is 4. The minimum atomic E-state index is -0.448. The Labute approximate surface area is 139 Å². The smallest absolute Gasteiger partial charge is 0.343 e. The third kappa shape index (κ3) is 3.27. The molecular formula is C18H16N2O4. The van der Waals surface area contributed by atoms with Crippen molar-refractivity contribution >= 4 is 5.97 Å². The first-order valence-electron chi connectivity index (χ1n) is 7.34. The van der Waals surface area contributed by atoms with Crippen LogP contribution in [-0.4, -0.2) is 23.2 Å². The maximum Gasteiger partial charge on any atom is 0.343 e. The molecule has 0 fully saturated rings. The molecule has 0 saturated carbocycles. The Morgan fingerprint density at radius 2 is 1.83 bits per heavy atom. The predicted molar refractivity (Wildman–Crippen MR) is 87.2 cm³/mol. The summed E-state index contributed by atoms with van der Waals surface area (Å²) in [5.41, 5.74) is 2.16. The SMILES string of the molecule is COc1cc(C(=O)Oc2ccc(-c3noc(C)n3)cc2)ccc1C. The fraction of sp³-hybridized carbons (Fsp3) is 0.167. The third-order valence-corrected chi connectivity index (χ3v) is 3.49. The van der Waals surface area contributed by atoms with Crippen molar-refractivity contribution in [1.29, 1.82) is 0 Å². The highest BCUT2D eigenvalue weighted by atomic mass is 16.5. The van der Waals surface area contributed by atoms with Gasteiger partial charge in [-0.2, -0.15) is 4.98 Å². The zero-order valence-corrected chi connectivity index (χ0v) is 13.6. The highest BCUT2D eigenvalue weighted by Crippen LogP contribution is 2.23. The minimum absolute atomic E-state index is 0.426. The van der Waals surface area contributed by atoms with Gasteiger partial charge in [0, 0.05) is 12.5 Å². The van der Waals surface area contributed by atoms with Crippen LogP contribution in [0.3, 0.4) is 0 Å². The van der Waals surface area contributed by atoms with Crippen LogP contribution in [0.25, 0.3) is 11.4 Å². The van der Waals surface area contributed by atoms with Crippen molar-refractivity contribution in [3.63, 3.8) is 0 Å². The van der Waals surface area contributed by atoms with Crippen LogP contribution in [0, 0.1) is 13.8 Å².